The van der Waals surface area contributed by atoms with Gasteiger partial charge in [0.25, 0.3) is 15.9 Å². The Morgan fingerprint density at radius 2 is 1.73 bits per heavy atom. The number of carbonyl (C=O) groups excluding carboxylic acids is 2. The zero-order valence-corrected chi connectivity index (χ0v) is 19.7. The quantitative estimate of drug-likeness (QED) is 0.479. The molecule has 0 spiro atoms. The van der Waals surface area contributed by atoms with Crippen molar-refractivity contribution in [2.24, 2.45) is 0 Å². The van der Waals surface area contributed by atoms with Gasteiger partial charge in [0.1, 0.15) is 5.75 Å². The van der Waals surface area contributed by atoms with Gasteiger partial charge in [0.15, 0.2) is 0 Å². The molecule has 0 unspecified atom stereocenters. The molecule has 3 aromatic rings. The monoisotopic (exact) mass is 466 g/mol. The van der Waals surface area contributed by atoms with Crippen molar-refractivity contribution >= 4 is 44.0 Å². The Balaban J connectivity index is 1.90. The lowest BCUT2D eigenvalue weighted by Crippen LogP contribution is -2.37. The van der Waals surface area contributed by atoms with E-state index < -0.39 is 15.9 Å². The second-order valence-electron chi connectivity index (χ2n) is 7.70. The Bertz CT molecular complexity index is 1330. The van der Waals surface area contributed by atoms with Crippen molar-refractivity contribution in [3.05, 3.63) is 60.2 Å². The Morgan fingerprint density at radius 3 is 2.36 bits per heavy atom. The molecule has 0 aliphatic carbocycles. The first-order valence-corrected chi connectivity index (χ1v) is 12.5. The summed E-state index contributed by atoms with van der Waals surface area (Å²) in [5.41, 5.74) is 1.39. The molecule has 0 fully saturated rings. The topological polar surface area (TPSA) is 84.0 Å². The van der Waals surface area contributed by atoms with E-state index in [1.165, 1.54) is 6.07 Å². The fraction of sp³-hybridized carbons (Fsp3) is 0.280. The molecular weight excluding hydrogens is 440 g/mol. The van der Waals surface area contributed by atoms with Crippen molar-refractivity contribution in [2.75, 3.05) is 22.4 Å². The molecule has 1 heterocycles. The molecule has 0 saturated heterocycles. The van der Waals surface area contributed by atoms with Gasteiger partial charge in [0.05, 0.1) is 22.9 Å². The molecule has 4 rings (SSSR count). The van der Waals surface area contributed by atoms with Crippen LogP contribution in [0.5, 0.6) is 5.75 Å². The van der Waals surface area contributed by atoms with Crippen LogP contribution in [0.1, 0.15) is 44.0 Å². The lowest BCUT2D eigenvalue weighted by molar-refractivity contribution is -0.117. The Labute approximate surface area is 193 Å². The zero-order chi connectivity index (χ0) is 23.8. The third-order valence-electron chi connectivity index (χ3n) is 5.65. The summed E-state index contributed by atoms with van der Waals surface area (Å²) < 4.78 is 34.2. The molecule has 2 amide bonds. The number of benzene rings is 3. The van der Waals surface area contributed by atoms with Crippen molar-refractivity contribution in [3.8, 4) is 5.75 Å². The van der Waals surface area contributed by atoms with Crippen LogP contribution in [0.3, 0.4) is 0 Å². The first kappa shape index (κ1) is 22.8. The van der Waals surface area contributed by atoms with Gasteiger partial charge < -0.3 is 9.64 Å². The van der Waals surface area contributed by atoms with Crippen LogP contribution in [0.4, 0.5) is 11.4 Å². The maximum atomic E-state index is 13.9. The Kier molecular flexibility index (Phi) is 6.12. The SMILES string of the molecule is CCCC(=O)N(c1ccc(OCC)cc1)S(=O)(=O)c1ccc2c3c(cccc13)C(=O)N2CC. The van der Waals surface area contributed by atoms with Gasteiger partial charge >= 0.3 is 0 Å². The number of sulfonamides is 1. The highest BCUT2D eigenvalue weighted by atomic mass is 32.2. The molecule has 0 saturated carbocycles. The van der Waals surface area contributed by atoms with Gasteiger partial charge in [-0.25, -0.2) is 12.7 Å². The number of nitrogens with zero attached hydrogens (tertiary/aromatic N) is 2. The molecule has 0 atom stereocenters. The number of hydrogen-bond acceptors (Lipinski definition) is 5. The fourth-order valence-corrected chi connectivity index (χ4v) is 5.88. The van der Waals surface area contributed by atoms with Gasteiger partial charge in [-0.05, 0) is 62.7 Å². The predicted molar refractivity (Wildman–Crippen MR) is 128 cm³/mol. The minimum Gasteiger partial charge on any atom is -0.494 e. The number of hydrogen-bond donors (Lipinski definition) is 0. The van der Waals surface area contributed by atoms with Crippen LogP contribution in [0.15, 0.2) is 59.5 Å². The van der Waals surface area contributed by atoms with Crippen molar-refractivity contribution in [1.82, 2.24) is 0 Å². The first-order chi connectivity index (χ1) is 15.8. The second-order valence-corrected chi connectivity index (χ2v) is 9.46. The van der Waals surface area contributed by atoms with E-state index in [0.717, 1.165) is 4.31 Å². The van der Waals surface area contributed by atoms with Crippen LogP contribution in [-0.2, 0) is 14.8 Å². The van der Waals surface area contributed by atoms with Gasteiger partial charge in [-0.1, -0.05) is 19.1 Å². The van der Waals surface area contributed by atoms with Crippen molar-refractivity contribution in [1.29, 1.82) is 0 Å². The van der Waals surface area contributed by atoms with E-state index >= 15 is 0 Å². The number of anilines is 2. The van der Waals surface area contributed by atoms with Gasteiger partial charge in [-0.3, -0.25) is 9.59 Å². The van der Waals surface area contributed by atoms with Gasteiger partial charge in [-0.2, -0.15) is 0 Å². The van der Waals surface area contributed by atoms with Crippen molar-refractivity contribution in [3.63, 3.8) is 0 Å². The van der Waals surface area contributed by atoms with Gasteiger partial charge in [0, 0.05) is 29.3 Å². The summed E-state index contributed by atoms with van der Waals surface area (Å²) in [5.74, 6) is -0.0840. The lowest BCUT2D eigenvalue weighted by Gasteiger charge is -2.24. The second kappa shape index (κ2) is 8.86. The third kappa shape index (κ3) is 3.74. The van der Waals surface area contributed by atoms with Crippen LogP contribution < -0.4 is 13.9 Å². The predicted octanol–water partition coefficient (Wildman–Crippen LogP) is 4.74. The largest absolute Gasteiger partial charge is 0.494 e. The van der Waals surface area contributed by atoms with E-state index in [1.54, 1.807) is 53.4 Å². The highest BCUT2D eigenvalue weighted by molar-refractivity contribution is 7.93. The normalized spacial score (nSPS) is 12.9. The van der Waals surface area contributed by atoms with Crippen LogP contribution in [0.2, 0.25) is 0 Å². The molecule has 0 N–H and O–H groups in total. The van der Waals surface area contributed by atoms with E-state index in [0.29, 0.717) is 47.3 Å². The van der Waals surface area contributed by atoms with E-state index in [1.807, 2.05) is 20.8 Å². The average Bonchev–Trinajstić information content (AvgIpc) is 3.08. The minimum atomic E-state index is -4.26. The van der Waals surface area contributed by atoms with Crippen LogP contribution >= 0.6 is 0 Å². The van der Waals surface area contributed by atoms with E-state index in [-0.39, 0.29) is 22.9 Å². The first-order valence-electron chi connectivity index (χ1n) is 11.0. The van der Waals surface area contributed by atoms with Gasteiger partial charge in [0.2, 0.25) is 5.91 Å². The van der Waals surface area contributed by atoms with E-state index in [4.69, 9.17) is 4.74 Å². The van der Waals surface area contributed by atoms with E-state index in [9.17, 15) is 18.0 Å². The molecule has 1 aliphatic rings. The molecule has 8 heteroatoms. The molecule has 0 aromatic heterocycles. The van der Waals surface area contributed by atoms with E-state index in [2.05, 4.69) is 0 Å². The van der Waals surface area contributed by atoms with Crippen LogP contribution in [0.25, 0.3) is 10.8 Å². The summed E-state index contributed by atoms with van der Waals surface area (Å²) >= 11 is 0. The Hall–Kier alpha value is -3.39. The summed E-state index contributed by atoms with van der Waals surface area (Å²) in [6.07, 6.45) is 0.585. The van der Waals surface area contributed by atoms with Gasteiger partial charge in [-0.15, -0.1) is 0 Å². The molecule has 1 aliphatic heterocycles. The maximum Gasteiger partial charge on any atom is 0.271 e. The van der Waals surface area contributed by atoms with Crippen molar-refractivity contribution < 1.29 is 22.7 Å². The summed E-state index contributed by atoms with van der Waals surface area (Å²) in [5, 5.41) is 1.02. The smallest absolute Gasteiger partial charge is 0.271 e. The number of rotatable bonds is 8. The maximum absolute atomic E-state index is 13.9. The molecule has 3 aromatic carbocycles. The zero-order valence-electron chi connectivity index (χ0n) is 18.9. The lowest BCUT2D eigenvalue weighted by atomic mass is 10.1. The molecule has 7 nitrogen and oxygen atoms in total. The summed E-state index contributed by atoms with van der Waals surface area (Å²) in [4.78, 5) is 27.5. The summed E-state index contributed by atoms with van der Waals surface area (Å²) in [6.45, 7) is 6.50. The standard InChI is InChI=1S/C25H26N2O5S/c1-4-8-23(28)27(17-11-13-18(14-12-17)32-6-3)33(30,31)22-16-15-21-24-19(22)9-7-10-20(24)25(29)26(21)5-2/h7,9-16H,4-6,8H2,1-3H3. The Morgan fingerprint density at radius 1 is 1.00 bits per heavy atom. The number of carbonyl (C=O) groups is 2. The minimum absolute atomic E-state index is 0.00723. The summed E-state index contributed by atoms with van der Waals surface area (Å²) in [7, 11) is -4.26. The van der Waals surface area contributed by atoms with Crippen LogP contribution in [0, 0.1) is 0 Å². The molecule has 33 heavy (non-hydrogen) atoms. The third-order valence-corrected chi connectivity index (χ3v) is 7.46. The molecule has 0 bridgehead atoms. The highest BCUT2D eigenvalue weighted by Crippen LogP contribution is 2.41. The average molecular weight is 467 g/mol. The summed E-state index contributed by atoms with van der Waals surface area (Å²) in [6, 6.07) is 14.6. The van der Waals surface area contributed by atoms with Crippen LogP contribution in [-0.4, -0.2) is 33.4 Å². The number of amides is 2. The van der Waals surface area contributed by atoms with Crippen molar-refractivity contribution in [2.45, 2.75) is 38.5 Å². The molecule has 0 radical (unpaired) electrons. The fourth-order valence-electron chi connectivity index (χ4n) is 4.23. The molecular formula is C25H26N2O5S. The molecule has 172 valence electrons. The highest BCUT2D eigenvalue weighted by Gasteiger charge is 2.35. The number of ether oxygens (including phenoxy) is 1.